The van der Waals surface area contributed by atoms with Crippen LogP contribution in [0.3, 0.4) is 0 Å². The third-order valence-corrected chi connectivity index (χ3v) is 4.74. The molecule has 0 amide bonds. The van der Waals surface area contributed by atoms with Gasteiger partial charge < -0.3 is 15.8 Å². The fourth-order valence-corrected chi connectivity index (χ4v) is 3.56. The highest BCUT2D eigenvalue weighted by Crippen LogP contribution is 2.31. The largest absolute Gasteiger partial charge is 0.381 e. The zero-order chi connectivity index (χ0) is 13.2. The Bertz CT molecular complexity index is 427. The standard InChI is InChI=1S/C16H24N2O/c1-19-13-8-6-12(7-9-13)18-15-10-11-4-2-3-5-14(11)16(15)17/h2-5,12-13,15-16,18H,6-10,17H2,1H3/t12?,13?,15-,16-/m1/s1. The van der Waals surface area contributed by atoms with Gasteiger partial charge >= 0.3 is 0 Å². The summed E-state index contributed by atoms with van der Waals surface area (Å²) in [5.41, 5.74) is 9.11. The number of methoxy groups -OCH3 is 1. The van der Waals surface area contributed by atoms with Crippen molar-refractivity contribution in [3.05, 3.63) is 35.4 Å². The molecule has 1 saturated carbocycles. The highest BCUT2D eigenvalue weighted by molar-refractivity contribution is 5.36. The molecule has 0 aromatic heterocycles. The molecule has 3 rings (SSSR count). The quantitative estimate of drug-likeness (QED) is 0.875. The average Bonchev–Trinajstić information content (AvgIpc) is 2.77. The van der Waals surface area contributed by atoms with E-state index in [2.05, 4.69) is 29.6 Å². The smallest absolute Gasteiger partial charge is 0.0572 e. The maximum atomic E-state index is 6.37. The Morgan fingerprint density at radius 2 is 1.89 bits per heavy atom. The van der Waals surface area contributed by atoms with Gasteiger partial charge in [0.25, 0.3) is 0 Å². The number of nitrogens with one attached hydrogen (secondary N) is 1. The van der Waals surface area contributed by atoms with Gasteiger partial charge in [-0.3, -0.25) is 0 Å². The summed E-state index contributed by atoms with van der Waals surface area (Å²) in [6, 6.07) is 9.74. The summed E-state index contributed by atoms with van der Waals surface area (Å²) >= 11 is 0. The van der Waals surface area contributed by atoms with Crippen LogP contribution in [0.5, 0.6) is 0 Å². The molecular formula is C16H24N2O. The third kappa shape index (κ3) is 2.69. The molecule has 1 aromatic rings. The SMILES string of the molecule is COC1CCC(N[C@@H]2Cc3ccccc3[C@H]2N)CC1. The first kappa shape index (κ1) is 13.1. The van der Waals surface area contributed by atoms with E-state index in [9.17, 15) is 0 Å². The zero-order valence-electron chi connectivity index (χ0n) is 11.6. The van der Waals surface area contributed by atoms with E-state index < -0.39 is 0 Å². The lowest BCUT2D eigenvalue weighted by atomic mass is 9.92. The fraction of sp³-hybridized carbons (Fsp3) is 0.625. The van der Waals surface area contributed by atoms with Crippen LogP contribution in [0.15, 0.2) is 24.3 Å². The highest BCUT2D eigenvalue weighted by atomic mass is 16.5. The van der Waals surface area contributed by atoms with Gasteiger partial charge in [0, 0.05) is 25.2 Å². The highest BCUT2D eigenvalue weighted by Gasteiger charge is 2.31. The van der Waals surface area contributed by atoms with E-state index in [4.69, 9.17) is 10.5 Å². The van der Waals surface area contributed by atoms with Gasteiger partial charge in [0.15, 0.2) is 0 Å². The van der Waals surface area contributed by atoms with E-state index in [0.29, 0.717) is 18.2 Å². The number of ether oxygens (including phenoxy) is 1. The fourth-order valence-electron chi connectivity index (χ4n) is 3.56. The maximum absolute atomic E-state index is 6.37. The summed E-state index contributed by atoms with van der Waals surface area (Å²) in [5.74, 6) is 0. The van der Waals surface area contributed by atoms with Crippen molar-refractivity contribution < 1.29 is 4.74 Å². The molecule has 1 aromatic carbocycles. The normalized spacial score (nSPS) is 34.2. The van der Waals surface area contributed by atoms with Gasteiger partial charge in [-0.05, 0) is 43.2 Å². The van der Waals surface area contributed by atoms with Crippen molar-refractivity contribution in [1.82, 2.24) is 5.32 Å². The number of fused-ring (bicyclic) bond motifs is 1. The maximum Gasteiger partial charge on any atom is 0.0572 e. The van der Waals surface area contributed by atoms with Gasteiger partial charge in [0.2, 0.25) is 0 Å². The van der Waals surface area contributed by atoms with Crippen molar-refractivity contribution in [3.8, 4) is 0 Å². The lowest BCUT2D eigenvalue weighted by molar-refractivity contribution is 0.0608. The van der Waals surface area contributed by atoms with Crippen molar-refractivity contribution in [2.45, 2.75) is 56.3 Å². The van der Waals surface area contributed by atoms with Crippen molar-refractivity contribution in [2.24, 2.45) is 5.73 Å². The molecule has 3 nitrogen and oxygen atoms in total. The summed E-state index contributed by atoms with van der Waals surface area (Å²) < 4.78 is 5.43. The molecule has 3 heteroatoms. The predicted octanol–water partition coefficient (Wildman–Crippen LogP) is 2.16. The molecule has 104 valence electrons. The Hall–Kier alpha value is -0.900. The minimum atomic E-state index is 0.149. The van der Waals surface area contributed by atoms with Gasteiger partial charge in [-0.2, -0.15) is 0 Å². The van der Waals surface area contributed by atoms with Crippen LogP contribution in [-0.4, -0.2) is 25.3 Å². The molecule has 0 unspecified atom stereocenters. The lowest BCUT2D eigenvalue weighted by Crippen LogP contribution is -2.45. The second kappa shape index (κ2) is 5.61. The summed E-state index contributed by atoms with van der Waals surface area (Å²) in [5, 5.41) is 3.78. The third-order valence-electron chi connectivity index (χ3n) is 4.74. The van der Waals surface area contributed by atoms with Crippen molar-refractivity contribution in [1.29, 1.82) is 0 Å². The first-order valence-corrected chi connectivity index (χ1v) is 7.40. The molecular weight excluding hydrogens is 236 g/mol. The van der Waals surface area contributed by atoms with Crippen LogP contribution in [0.25, 0.3) is 0 Å². The van der Waals surface area contributed by atoms with E-state index >= 15 is 0 Å². The van der Waals surface area contributed by atoms with E-state index in [-0.39, 0.29) is 6.04 Å². The lowest BCUT2D eigenvalue weighted by Gasteiger charge is -2.31. The first-order valence-electron chi connectivity index (χ1n) is 7.40. The minimum Gasteiger partial charge on any atom is -0.381 e. The molecule has 0 aliphatic heterocycles. The van der Waals surface area contributed by atoms with Gasteiger partial charge in [-0.15, -0.1) is 0 Å². The topological polar surface area (TPSA) is 47.3 Å². The number of benzene rings is 1. The van der Waals surface area contributed by atoms with Crippen molar-refractivity contribution in [3.63, 3.8) is 0 Å². The molecule has 0 heterocycles. The predicted molar refractivity (Wildman–Crippen MR) is 77.1 cm³/mol. The Morgan fingerprint density at radius 1 is 1.16 bits per heavy atom. The number of hydrogen-bond donors (Lipinski definition) is 2. The second-order valence-electron chi connectivity index (χ2n) is 5.91. The van der Waals surface area contributed by atoms with Gasteiger partial charge in [0.05, 0.1) is 6.10 Å². The molecule has 19 heavy (non-hydrogen) atoms. The number of hydrogen-bond acceptors (Lipinski definition) is 3. The molecule has 0 radical (unpaired) electrons. The summed E-state index contributed by atoms with van der Waals surface area (Å²) in [7, 11) is 1.82. The second-order valence-corrected chi connectivity index (χ2v) is 5.91. The minimum absolute atomic E-state index is 0.149. The molecule has 0 saturated heterocycles. The molecule has 0 bridgehead atoms. The summed E-state index contributed by atoms with van der Waals surface area (Å²) in [6.07, 6.45) is 6.29. The van der Waals surface area contributed by atoms with E-state index in [1.165, 1.54) is 36.8 Å². The van der Waals surface area contributed by atoms with Crippen LogP contribution < -0.4 is 11.1 Å². The Labute approximate surface area is 115 Å². The number of rotatable bonds is 3. The Morgan fingerprint density at radius 3 is 2.58 bits per heavy atom. The monoisotopic (exact) mass is 260 g/mol. The summed E-state index contributed by atoms with van der Waals surface area (Å²) in [6.45, 7) is 0. The van der Waals surface area contributed by atoms with Crippen LogP contribution >= 0.6 is 0 Å². The van der Waals surface area contributed by atoms with E-state index in [1.807, 2.05) is 7.11 Å². The molecule has 2 aliphatic rings. The van der Waals surface area contributed by atoms with Crippen LogP contribution in [-0.2, 0) is 11.2 Å². The molecule has 2 aliphatic carbocycles. The Balaban J connectivity index is 1.58. The van der Waals surface area contributed by atoms with Crippen molar-refractivity contribution >= 4 is 0 Å². The molecule has 0 spiro atoms. The first-order chi connectivity index (χ1) is 9.28. The Kier molecular flexibility index (Phi) is 3.87. The van der Waals surface area contributed by atoms with Crippen LogP contribution in [0.1, 0.15) is 42.9 Å². The average molecular weight is 260 g/mol. The summed E-state index contributed by atoms with van der Waals surface area (Å²) in [4.78, 5) is 0. The van der Waals surface area contributed by atoms with Crippen molar-refractivity contribution in [2.75, 3.05) is 7.11 Å². The van der Waals surface area contributed by atoms with E-state index in [1.54, 1.807) is 0 Å². The molecule has 1 fully saturated rings. The van der Waals surface area contributed by atoms with Crippen LogP contribution in [0.2, 0.25) is 0 Å². The molecule has 3 N–H and O–H groups in total. The van der Waals surface area contributed by atoms with Gasteiger partial charge in [0.1, 0.15) is 0 Å². The van der Waals surface area contributed by atoms with E-state index in [0.717, 1.165) is 6.42 Å². The van der Waals surface area contributed by atoms with Gasteiger partial charge in [-0.1, -0.05) is 24.3 Å². The zero-order valence-corrected chi connectivity index (χ0v) is 11.6. The van der Waals surface area contributed by atoms with Crippen LogP contribution in [0, 0.1) is 0 Å². The van der Waals surface area contributed by atoms with Crippen LogP contribution in [0.4, 0.5) is 0 Å². The number of nitrogens with two attached hydrogens (primary N) is 1. The molecule has 2 atom stereocenters. The van der Waals surface area contributed by atoms with Gasteiger partial charge in [-0.25, -0.2) is 0 Å².